The first-order valence-electron chi connectivity index (χ1n) is 4.64. The van der Waals surface area contributed by atoms with E-state index in [-0.39, 0.29) is 5.91 Å². The molecule has 1 amide bonds. The molecule has 0 saturated heterocycles. The molecule has 0 heterocycles. The highest BCUT2D eigenvalue weighted by Crippen LogP contribution is 2.23. The Morgan fingerprint density at radius 3 is 2.40 bits per heavy atom. The maximum absolute atomic E-state index is 11.6. The monoisotopic (exact) mass is 245 g/mol. The van der Waals surface area contributed by atoms with Crippen LogP contribution in [-0.2, 0) is 4.79 Å². The van der Waals surface area contributed by atoms with Gasteiger partial charge in [-0.15, -0.1) is 0 Å². The molecular formula is C11H13Cl2NO. The van der Waals surface area contributed by atoms with Gasteiger partial charge in [-0.25, -0.2) is 4.99 Å². The summed E-state index contributed by atoms with van der Waals surface area (Å²) in [5.41, 5.74) is 0.147. The molecule has 0 aromatic carbocycles. The van der Waals surface area contributed by atoms with Gasteiger partial charge in [0.1, 0.15) is 0 Å². The van der Waals surface area contributed by atoms with Crippen LogP contribution in [0.15, 0.2) is 27.2 Å². The van der Waals surface area contributed by atoms with Gasteiger partial charge in [0, 0.05) is 21.9 Å². The summed E-state index contributed by atoms with van der Waals surface area (Å²) < 4.78 is 0. The maximum atomic E-state index is 11.6. The molecule has 0 spiro atoms. The lowest BCUT2D eigenvalue weighted by Gasteiger charge is -2.14. The summed E-state index contributed by atoms with van der Waals surface area (Å²) in [7, 11) is 0. The molecule has 82 valence electrons. The minimum atomic E-state index is -0.471. The molecule has 0 aromatic rings. The minimum absolute atomic E-state index is 0.162. The lowest BCUT2D eigenvalue weighted by atomic mass is 9.96. The van der Waals surface area contributed by atoms with Crippen LogP contribution in [0.3, 0.4) is 0 Å². The van der Waals surface area contributed by atoms with E-state index in [4.69, 9.17) is 23.2 Å². The summed E-state index contributed by atoms with van der Waals surface area (Å²) in [5, 5.41) is 1.11. The Morgan fingerprint density at radius 1 is 1.33 bits per heavy atom. The minimum Gasteiger partial charge on any atom is -0.272 e. The van der Waals surface area contributed by atoms with E-state index in [1.54, 1.807) is 12.2 Å². The zero-order valence-corrected chi connectivity index (χ0v) is 10.5. The maximum Gasteiger partial charge on any atom is 0.251 e. The molecule has 15 heavy (non-hydrogen) atoms. The van der Waals surface area contributed by atoms with Gasteiger partial charge in [0.2, 0.25) is 0 Å². The van der Waals surface area contributed by atoms with Crippen LogP contribution in [0.5, 0.6) is 0 Å². The number of rotatable bonds is 0. The fourth-order valence-electron chi connectivity index (χ4n) is 0.995. The van der Waals surface area contributed by atoms with Crippen molar-refractivity contribution in [1.82, 2.24) is 0 Å². The van der Waals surface area contributed by atoms with E-state index in [0.29, 0.717) is 22.2 Å². The standard InChI is InChI=1S/C11H13Cl2NO/c1-11(2,3)10(15)14-9-5-7(12)4-8(13)6-9/h4-5H,6H2,1-3H3. The number of hydrogen-bond acceptors (Lipinski definition) is 1. The van der Waals surface area contributed by atoms with E-state index >= 15 is 0 Å². The SMILES string of the molecule is CC(C)(C)C(=O)N=C1C=C(Cl)C=C(Cl)C1. The molecule has 1 rings (SSSR count). The first kappa shape index (κ1) is 12.5. The number of amides is 1. The van der Waals surface area contributed by atoms with E-state index in [0.717, 1.165) is 0 Å². The van der Waals surface area contributed by atoms with E-state index in [2.05, 4.69) is 4.99 Å². The lowest BCUT2D eigenvalue weighted by Crippen LogP contribution is -2.19. The normalized spacial score (nSPS) is 19.9. The molecular weight excluding hydrogens is 233 g/mol. The second-order valence-corrected chi connectivity index (χ2v) is 5.38. The van der Waals surface area contributed by atoms with Crippen LogP contribution in [0, 0.1) is 5.41 Å². The largest absolute Gasteiger partial charge is 0.272 e. The van der Waals surface area contributed by atoms with Gasteiger partial charge in [0.05, 0.1) is 5.71 Å². The molecule has 0 radical (unpaired) electrons. The molecule has 0 fully saturated rings. The number of carbonyl (C=O) groups is 1. The van der Waals surface area contributed by atoms with E-state index < -0.39 is 5.41 Å². The van der Waals surface area contributed by atoms with Crippen molar-refractivity contribution in [3.8, 4) is 0 Å². The van der Waals surface area contributed by atoms with Gasteiger partial charge in [0.25, 0.3) is 5.91 Å². The fourth-order valence-corrected chi connectivity index (χ4v) is 1.56. The van der Waals surface area contributed by atoms with Gasteiger partial charge in [-0.2, -0.15) is 0 Å². The van der Waals surface area contributed by atoms with Gasteiger partial charge in [-0.3, -0.25) is 4.79 Å². The Hall–Kier alpha value is -0.600. The predicted molar refractivity (Wildman–Crippen MR) is 64.4 cm³/mol. The first-order valence-corrected chi connectivity index (χ1v) is 5.40. The number of halogens is 2. The van der Waals surface area contributed by atoms with Crippen LogP contribution < -0.4 is 0 Å². The zero-order chi connectivity index (χ0) is 11.6. The predicted octanol–water partition coefficient (Wildman–Crippen LogP) is 3.65. The highest BCUT2D eigenvalue weighted by Gasteiger charge is 2.21. The van der Waals surface area contributed by atoms with E-state index in [1.165, 1.54) is 0 Å². The van der Waals surface area contributed by atoms with Crippen molar-refractivity contribution in [2.45, 2.75) is 27.2 Å². The Morgan fingerprint density at radius 2 is 1.93 bits per heavy atom. The third-order valence-electron chi connectivity index (χ3n) is 1.84. The molecule has 0 atom stereocenters. The summed E-state index contributed by atoms with van der Waals surface area (Å²) in [6.07, 6.45) is 3.79. The van der Waals surface area contributed by atoms with Crippen molar-refractivity contribution in [3.63, 3.8) is 0 Å². The highest BCUT2D eigenvalue weighted by atomic mass is 35.5. The van der Waals surface area contributed by atoms with Gasteiger partial charge in [-0.1, -0.05) is 44.0 Å². The Balaban J connectivity index is 2.88. The molecule has 0 aromatic heterocycles. The smallest absolute Gasteiger partial charge is 0.251 e. The van der Waals surface area contributed by atoms with Crippen molar-refractivity contribution in [3.05, 3.63) is 22.2 Å². The highest BCUT2D eigenvalue weighted by molar-refractivity contribution is 6.38. The molecule has 1 aliphatic carbocycles. The van der Waals surface area contributed by atoms with E-state index in [9.17, 15) is 4.79 Å². The number of nitrogens with zero attached hydrogens (tertiary/aromatic N) is 1. The number of aliphatic imine (C=N–C) groups is 1. The second-order valence-electron chi connectivity index (χ2n) is 4.46. The van der Waals surface area contributed by atoms with Crippen molar-refractivity contribution < 1.29 is 4.79 Å². The molecule has 2 nitrogen and oxygen atoms in total. The van der Waals surface area contributed by atoms with Crippen molar-refractivity contribution in [1.29, 1.82) is 0 Å². The van der Waals surface area contributed by atoms with Crippen molar-refractivity contribution in [2.75, 3.05) is 0 Å². The molecule has 0 bridgehead atoms. The molecule has 4 heteroatoms. The quantitative estimate of drug-likeness (QED) is 0.641. The Labute approximate surface area is 99.7 Å². The van der Waals surface area contributed by atoms with E-state index in [1.807, 2.05) is 20.8 Å². The molecule has 0 saturated carbocycles. The molecule has 0 N–H and O–H groups in total. The fraction of sp³-hybridized carbons (Fsp3) is 0.455. The average molecular weight is 246 g/mol. The summed E-state index contributed by atoms with van der Waals surface area (Å²) in [6, 6.07) is 0. The summed E-state index contributed by atoms with van der Waals surface area (Å²) >= 11 is 11.7. The Bertz CT molecular complexity index is 373. The van der Waals surface area contributed by atoms with Crippen LogP contribution in [0.1, 0.15) is 27.2 Å². The van der Waals surface area contributed by atoms with Crippen LogP contribution in [0.4, 0.5) is 0 Å². The Kier molecular flexibility index (Phi) is 3.74. The summed E-state index contributed by atoms with van der Waals surface area (Å²) in [6.45, 7) is 5.47. The summed E-state index contributed by atoms with van der Waals surface area (Å²) in [4.78, 5) is 15.6. The number of allylic oxidation sites excluding steroid dienone is 4. The number of carbonyl (C=O) groups excluding carboxylic acids is 1. The van der Waals surface area contributed by atoms with Gasteiger partial charge in [-0.05, 0) is 12.2 Å². The first-order chi connectivity index (χ1) is 6.79. The third kappa shape index (κ3) is 3.80. The summed E-state index contributed by atoms with van der Waals surface area (Å²) in [5.74, 6) is -0.162. The molecule has 0 aliphatic heterocycles. The van der Waals surface area contributed by atoms with Crippen molar-refractivity contribution in [2.24, 2.45) is 10.4 Å². The lowest BCUT2D eigenvalue weighted by molar-refractivity contribution is -0.124. The van der Waals surface area contributed by atoms with Crippen molar-refractivity contribution >= 4 is 34.8 Å². The third-order valence-corrected chi connectivity index (χ3v) is 2.30. The number of hydrogen-bond donors (Lipinski definition) is 0. The van der Waals surface area contributed by atoms with Gasteiger partial charge < -0.3 is 0 Å². The van der Waals surface area contributed by atoms with Crippen LogP contribution in [0.2, 0.25) is 0 Å². The van der Waals surface area contributed by atoms with Gasteiger partial charge in [0.15, 0.2) is 0 Å². The molecule has 1 aliphatic rings. The van der Waals surface area contributed by atoms with Crippen LogP contribution in [0.25, 0.3) is 0 Å². The van der Waals surface area contributed by atoms with Crippen LogP contribution >= 0.6 is 23.2 Å². The topological polar surface area (TPSA) is 29.4 Å². The average Bonchev–Trinajstić information content (AvgIpc) is 1.99. The second kappa shape index (κ2) is 4.50. The van der Waals surface area contributed by atoms with Crippen LogP contribution in [-0.4, -0.2) is 11.6 Å². The zero-order valence-electron chi connectivity index (χ0n) is 8.97. The van der Waals surface area contributed by atoms with Gasteiger partial charge >= 0.3 is 0 Å². The molecule has 0 unspecified atom stereocenters.